The summed E-state index contributed by atoms with van der Waals surface area (Å²) in [6, 6.07) is 5.73. The molecule has 0 amide bonds. The van der Waals surface area contributed by atoms with E-state index in [0.717, 1.165) is 5.57 Å². The van der Waals surface area contributed by atoms with Crippen LogP contribution in [0.2, 0.25) is 0 Å². The van der Waals surface area contributed by atoms with Crippen molar-refractivity contribution in [2.45, 2.75) is 58.1 Å². The largest absolute Gasteiger partial charge is 0.497 e. The summed E-state index contributed by atoms with van der Waals surface area (Å²) in [6.07, 6.45) is 1.94. The molecular formula is C21H25NO6. The van der Waals surface area contributed by atoms with Gasteiger partial charge >= 0.3 is 5.97 Å². The van der Waals surface area contributed by atoms with Crippen LogP contribution in [0.3, 0.4) is 0 Å². The third-order valence-corrected chi connectivity index (χ3v) is 6.07. The number of benzene rings is 1. The lowest BCUT2D eigenvalue weighted by Crippen LogP contribution is -2.36. The zero-order valence-electron chi connectivity index (χ0n) is 16.4. The maximum absolute atomic E-state index is 12.7. The van der Waals surface area contributed by atoms with Crippen molar-refractivity contribution in [3.8, 4) is 5.75 Å². The van der Waals surface area contributed by atoms with Gasteiger partial charge in [0.1, 0.15) is 11.9 Å². The van der Waals surface area contributed by atoms with E-state index in [0.29, 0.717) is 42.6 Å². The Morgan fingerprint density at radius 3 is 2.79 bits per heavy atom. The van der Waals surface area contributed by atoms with Crippen molar-refractivity contribution in [2.75, 3.05) is 7.11 Å². The average Bonchev–Trinajstić information content (AvgIpc) is 2.97. The standard InChI is InChI=1S/C21H25NO6/c1-13(23)28-20-8-7-17-16(19(24)9-10-21(17,20)2)12-18(22(25)26)14-5-4-6-15(11-14)27-3/h4-6,11,18,20H,7-10,12H2,1-3H3/t18?,20-,21-/m0/s1. The van der Waals surface area contributed by atoms with E-state index in [9.17, 15) is 19.7 Å². The molecule has 2 aliphatic rings. The van der Waals surface area contributed by atoms with E-state index in [1.807, 2.05) is 6.92 Å². The predicted molar refractivity (Wildman–Crippen MR) is 102 cm³/mol. The number of ether oxygens (including phenoxy) is 2. The first-order valence-corrected chi connectivity index (χ1v) is 9.46. The van der Waals surface area contributed by atoms with E-state index < -0.39 is 11.5 Å². The summed E-state index contributed by atoms with van der Waals surface area (Å²) >= 11 is 0. The first-order valence-electron chi connectivity index (χ1n) is 9.46. The van der Waals surface area contributed by atoms with E-state index in [1.165, 1.54) is 14.0 Å². The third-order valence-electron chi connectivity index (χ3n) is 6.07. The zero-order chi connectivity index (χ0) is 20.5. The number of hydrogen-bond donors (Lipinski definition) is 0. The van der Waals surface area contributed by atoms with Gasteiger partial charge in [-0.1, -0.05) is 24.6 Å². The molecule has 28 heavy (non-hydrogen) atoms. The summed E-state index contributed by atoms with van der Waals surface area (Å²) in [5, 5.41) is 11.8. The average molecular weight is 387 g/mol. The van der Waals surface area contributed by atoms with Gasteiger partial charge in [0.25, 0.3) is 0 Å². The summed E-state index contributed by atoms with van der Waals surface area (Å²) in [4.78, 5) is 35.7. The number of fused-ring (bicyclic) bond motifs is 1. The van der Waals surface area contributed by atoms with Gasteiger partial charge in [-0.25, -0.2) is 0 Å². The van der Waals surface area contributed by atoms with Crippen LogP contribution in [0.5, 0.6) is 5.75 Å². The normalized spacial score (nSPS) is 25.2. The molecule has 0 aliphatic heterocycles. The molecule has 0 spiro atoms. The number of hydrogen-bond acceptors (Lipinski definition) is 6. The Labute approximate surface area is 163 Å². The van der Waals surface area contributed by atoms with Crippen LogP contribution in [0.4, 0.5) is 0 Å². The van der Waals surface area contributed by atoms with Gasteiger partial charge in [-0.2, -0.15) is 0 Å². The van der Waals surface area contributed by atoms with Crippen LogP contribution in [0.15, 0.2) is 35.4 Å². The molecule has 0 bridgehead atoms. The van der Waals surface area contributed by atoms with E-state index in [-0.39, 0.29) is 29.2 Å². The predicted octanol–water partition coefficient (Wildman–Crippen LogP) is 3.79. The Kier molecular flexibility index (Phi) is 5.54. The summed E-state index contributed by atoms with van der Waals surface area (Å²) in [5.41, 5.74) is 1.54. The Balaban J connectivity index is 1.97. The molecule has 0 radical (unpaired) electrons. The zero-order valence-corrected chi connectivity index (χ0v) is 16.4. The lowest BCUT2D eigenvalue weighted by atomic mass is 9.70. The molecule has 1 saturated carbocycles. The lowest BCUT2D eigenvalue weighted by Gasteiger charge is -2.36. The highest BCUT2D eigenvalue weighted by molar-refractivity contribution is 5.97. The number of nitrogens with zero attached hydrogens (tertiary/aromatic N) is 1. The fourth-order valence-corrected chi connectivity index (χ4v) is 4.56. The Morgan fingerprint density at radius 2 is 2.14 bits per heavy atom. The number of ketones is 1. The lowest BCUT2D eigenvalue weighted by molar-refractivity contribution is -0.528. The minimum absolute atomic E-state index is 0.0364. The monoisotopic (exact) mass is 387 g/mol. The smallest absolute Gasteiger partial charge is 0.302 e. The van der Waals surface area contributed by atoms with Gasteiger partial charge < -0.3 is 9.47 Å². The van der Waals surface area contributed by atoms with Gasteiger partial charge in [0, 0.05) is 41.2 Å². The molecule has 7 nitrogen and oxygen atoms in total. The molecule has 3 rings (SSSR count). The van der Waals surface area contributed by atoms with Gasteiger partial charge in [0.2, 0.25) is 6.04 Å². The summed E-state index contributed by atoms with van der Waals surface area (Å²) in [7, 11) is 1.51. The molecule has 0 heterocycles. The number of nitro groups is 1. The van der Waals surface area contributed by atoms with Gasteiger partial charge in [-0.15, -0.1) is 0 Å². The molecule has 7 heteroatoms. The molecule has 0 saturated heterocycles. The highest BCUT2D eigenvalue weighted by Gasteiger charge is 2.49. The first-order chi connectivity index (χ1) is 13.3. The van der Waals surface area contributed by atoms with Crippen LogP contribution in [0, 0.1) is 15.5 Å². The SMILES string of the molecule is COc1cccc(C(CC2=C3CC[C@H](OC(C)=O)[C@@]3(C)CCC2=O)[N+](=O)[O-])c1. The maximum Gasteiger partial charge on any atom is 0.302 e. The fourth-order valence-electron chi connectivity index (χ4n) is 4.56. The van der Waals surface area contributed by atoms with E-state index in [4.69, 9.17) is 9.47 Å². The van der Waals surface area contributed by atoms with Crippen LogP contribution in [0.25, 0.3) is 0 Å². The molecule has 150 valence electrons. The van der Waals surface area contributed by atoms with Crippen molar-refractivity contribution in [2.24, 2.45) is 5.41 Å². The summed E-state index contributed by atoms with van der Waals surface area (Å²) in [6.45, 7) is 3.38. The van der Waals surface area contributed by atoms with Crippen molar-refractivity contribution >= 4 is 11.8 Å². The first kappa shape index (κ1) is 20.0. The number of carbonyl (C=O) groups excluding carboxylic acids is 2. The molecule has 2 aliphatic carbocycles. The van der Waals surface area contributed by atoms with Crippen LogP contribution in [0.1, 0.15) is 57.6 Å². The molecule has 1 unspecified atom stereocenters. The Bertz CT molecular complexity index is 845. The van der Waals surface area contributed by atoms with Crippen LogP contribution in [-0.2, 0) is 14.3 Å². The molecule has 1 fully saturated rings. The Hall–Kier alpha value is -2.70. The molecule has 0 aromatic heterocycles. The quantitative estimate of drug-likeness (QED) is 0.419. The number of rotatable bonds is 6. The van der Waals surface area contributed by atoms with Crippen molar-refractivity contribution < 1.29 is 24.0 Å². The molecular weight excluding hydrogens is 362 g/mol. The molecule has 0 N–H and O–H groups in total. The number of Topliss-reactive ketones (excluding diaryl/α,β-unsaturated/α-hetero) is 1. The number of carbonyl (C=O) groups is 2. The van der Waals surface area contributed by atoms with E-state index in [1.54, 1.807) is 24.3 Å². The topological polar surface area (TPSA) is 95.7 Å². The highest BCUT2D eigenvalue weighted by atomic mass is 16.6. The van der Waals surface area contributed by atoms with E-state index >= 15 is 0 Å². The van der Waals surface area contributed by atoms with Gasteiger partial charge in [0.15, 0.2) is 5.78 Å². The maximum atomic E-state index is 12.7. The summed E-state index contributed by atoms with van der Waals surface area (Å²) in [5.74, 6) is 0.161. The van der Waals surface area contributed by atoms with Crippen LogP contribution < -0.4 is 4.74 Å². The number of esters is 1. The third kappa shape index (κ3) is 3.66. The van der Waals surface area contributed by atoms with Gasteiger partial charge in [-0.05, 0) is 31.4 Å². The van der Waals surface area contributed by atoms with Crippen molar-refractivity contribution in [1.29, 1.82) is 0 Å². The molecule has 3 atom stereocenters. The second kappa shape index (κ2) is 7.73. The Morgan fingerprint density at radius 1 is 1.39 bits per heavy atom. The molecule has 1 aromatic carbocycles. The van der Waals surface area contributed by atoms with Crippen LogP contribution >= 0.6 is 0 Å². The second-order valence-corrected chi connectivity index (χ2v) is 7.72. The fraction of sp³-hybridized carbons (Fsp3) is 0.524. The highest BCUT2D eigenvalue weighted by Crippen LogP contribution is 2.53. The molecule has 1 aromatic rings. The van der Waals surface area contributed by atoms with Crippen molar-refractivity contribution in [3.05, 3.63) is 51.1 Å². The minimum Gasteiger partial charge on any atom is -0.497 e. The van der Waals surface area contributed by atoms with Crippen molar-refractivity contribution in [1.82, 2.24) is 0 Å². The van der Waals surface area contributed by atoms with E-state index in [2.05, 4.69) is 0 Å². The van der Waals surface area contributed by atoms with Crippen molar-refractivity contribution in [3.63, 3.8) is 0 Å². The summed E-state index contributed by atoms with van der Waals surface area (Å²) < 4.78 is 10.7. The van der Waals surface area contributed by atoms with Crippen LogP contribution in [-0.4, -0.2) is 29.9 Å². The second-order valence-electron chi connectivity index (χ2n) is 7.72. The van der Waals surface area contributed by atoms with Gasteiger partial charge in [-0.3, -0.25) is 19.7 Å². The minimum atomic E-state index is -1.03. The van der Waals surface area contributed by atoms with Gasteiger partial charge in [0.05, 0.1) is 7.11 Å². The number of methoxy groups -OCH3 is 1.